The molecule has 5 aromatic rings. The second-order valence-electron chi connectivity index (χ2n) is 10.2. The Labute approximate surface area is 216 Å². The van der Waals surface area contributed by atoms with Gasteiger partial charge in [-0.3, -0.25) is 0 Å². The van der Waals surface area contributed by atoms with Gasteiger partial charge in [0.1, 0.15) is 12.3 Å². The minimum Gasteiger partial charge on any atom is -0.317 e. The summed E-state index contributed by atoms with van der Waals surface area (Å²) < 4.78 is 0. The summed E-state index contributed by atoms with van der Waals surface area (Å²) in [5.74, 6) is 0.256. The third kappa shape index (κ3) is 2.33. The molecule has 0 saturated heterocycles. The van der Waals surface area contributed by atoms with Crippen molar-refractivity contribution in [2.75, 3.05) is 19.6 Å². The first-order chi connectivity index (χ1) is 18.4. The smallest absolute Gasteiger partial charge is 0.122 e. The Bertz CT molecular complexity index is 1560. The number of hydrogen-bond donors (Lipinski definition) is 0. The van der Waals surface area contributed by atoms with Crippen LogP contribution in [0.25, 0.3) is 0 Å². The van der Waals surface area contributed by atoms with Crippen molar-refractivity contribution >= 4 is 45.5 Å². The SMILES string of the molecule is c1ccc(N2c3ccccc3N3c4cccc5c4C(C23)C2N(c3ccccc3)c3ccccc3N52)cc1. The van der Waals surface area contributed by atoms with E-state index in [4.69, 9.17) is 0 Å². The van der Waals surface area contributed by atoms with E-state index in [0.717, 1.165) is 0 Å². The molecule has 0 N–H and O–H groups in total. The van der Waals surface area contributed by atoms with Crippen LogP contribution >= 0.6 is 0 Å². The lowest BCUT2D eigenvalue weighted by molar-refractivity contribution is 0.510. The number of nitrogens with zero attached hydrogens (tertiary/aromatic N) is 4. The molecule has 0 spiro atoms. The molecule has 4 heterocycles. The van der Waals surface area contributed by atoms with Gasteiger partial charge in [-0.1, -0.05) is 66.7 Å². The van der Waals surface area contributed by atoms with Gasteiger partial charge in [0.2, 0.25) is 0 Å². The first-order valence-corrected chi connectivity index (χ1v) is 13.0. The summed E-state index contributed by atoms with van der Waals surface area (Å²) >= 11 is 0. The van der Waals surface area contributed by atoms with E-state index >= 15 is 0 Å². The highest BCUT2D eigenvalue weighted by atomic mass is 15.5. The summed E-state index contributed by atoms with van der Waals surface area (Å²) in [7, 11) is 0. The fourth-order valence-electron chi connectivity index (χ4n) is 7.25. The van der Waals surface area contributed by atoms with Crippen molar-refractivity contribution in [3.63, 3.8) is 0 Å². The molecule has 2 unspecified atom stereocenters. The second kappa shape index (κ2) is 6.95. The van der Waals surface area contributed by atoms with E-state index < -0.39 is 0 Å². The van der Waals surface area contributed by atoms with Gasteiger partial charge in [0, 0.05) is 28.3 Å². The largest absolute Gasteiger partial charge is 0.317 e. The molecule has 0 bridgehead atoms. The summed E-state index contributed by atoms with van der Waals surface area (Å²) in [4.78, 5) is 10.3. The maximum Gasteiger partial charge on any atom is 0.122 e. The minimum atomic E-state index is 0.145. The molecule has 0 saturated carbocycles. The zero-order valence-corrected chi connectivity index (χ0v) is 20.1. The van der Waals surface area contributed by atoms with Crippen LogP contribution in [0, 0.1) is 0 Å². The Hall–Kier alpha value is -4.70. The highest BCUT2D eigenvalue weighted by Gasteiger charge is 2.61. The fourth-order valence-corrected chi connectivity index (χ4v) is 7.25. The monoisotopic (exact) mass is 476 g/mol. The van der Waals surface area contributed by atoms with Crippen molar-refractivity contribution in [2.24, 2.45) is 0 Å². The molecule has 9 rings (SSSR count). The van der Waals surface area contributed by atoms with Crippen LogP contribution in [-0.2, 0) is 0 Å². The summed E-state index contributed by atoms with van der Waals surface area (Å²) in [5.41, 5.74) is 11.7. The number of fused-ring (bicyclic) bond motifs is 10. The zero-order valence-electron chi connectivity index (χ0n) is 20.1. The first kappa shape index (κ1) is 19.5. The molecule has 0 radical (unpaired) electrons. The molecule has 176 valence electrons. The number of anilines is 8. The van der Waals surface area contributed by atoms with E-state index in [1.807, 2.05) is 0 Å². The second-order valence-corrected chi connectivity index (χ2v) is 10.2. The Morgan fingerprint density at radius 2 is 0.676 bits per heavy atom. The van der Waals surface area contributed by atoms with Crippen molar-refractivity contribution in [1.82, 2.24) is 0 Å². The van der Waals surface area contributed by atoms with Crippen LogP contribution < -0.4 is 19.6 Å². The average Bonchev–Trinajstić information content (AvgIpc) is 3.67. The quantitative estimate of drug-likeness (QED) is 0.256. The summed E-state index contributed by atoms with van der Waals surface area (Å²) in [6.07, 6.45) is 0.290. The molecule has 37 heavy (non-hydrogen) atoms. The molecule has 2 atom stereocenters. The Kier molecular flexibility index (Phi) is 3.66. The summed E-state index contributed by atoms with van der Waals surface area (Å²) in [6, 6.07) is 46.4. The van der Waals surface area contributed by atoms with E-state index in [0.29, 0.717) is 0 Å². The van der Waals surface area contributed by atoms with Gasteiger partial charge in [0.25, 0.3) is 0 Å². The Balaban J connectivity index is 1.32. The minimum absolute atomic E-state index is 0.145. The lowest BCUT2D eigenvalue weighted by Gasteiger charge is -2.38. The molecule has 5 aromatic carbocycles. The van der Waals surface area contributed by atoms with Crippen molar-refractivity contribution in [2.45, 2.75) is 18.2 Å². The van der Waals surface area contributed by atoms with Crippen LogP contribution in [-0.4, -0.2) is 12.3 Å². The van der Waals surface area contributed by atoms with Gasteiger partial charge >= 0.3 is 0 Å². The third-order valence-electron chi connectivity index (χ3n) is 8.48. The van der Waals surface area contributed by atoms with Gasteiger partial charge in [-0.15, -0.1) is 0 Å². The van der Waals surface area contributed by atoms with Gasteiger partial charge in [-0.2, -0.15) is 0 Å². The van der Waals surface area contributed by atoms with Crippen LogP contribution in [0.5, 0.6) is 0 Å². The summed E-state index contributed by atoms with van der Waals surface area (Å²) in [6.45, 7) is 0. The zero-order chi connectivity index (χ0) is 24.1. The van der Waals surface area contributed by atoms with Crippen molar-refractivity contribution in [3.8, 4) is 0 Å². The Morgan fingerprint density at radius 1 is 0.324 bits per heavy atom. The number of para-hydroxylation sites is 6. The normalized spacial score (nSPS) is 21.6. The van der Waals surface area contributed by atoms with Crippen molar-refractivity contribution in [1.29, 1.82) is 0 Å². The maximum atomic E-state index is 2.59. The summed E-state index contributed by atoms with van der Waals surface area (Å²) in [5, 5.41) is 0. The molecule has 0 aromatic heterocycles. The van der Waals surface area contributed by atoms with E-state index in [9.17, 15) is 0 Å². The van der Waals surface area contributed by atoms with E-state index in [1.165, 1.54) is 51.1 Å². The van der Waals surface area contributed by atoms with Crippen molar-refractivity contribution in [3.05, 3.63) is 133 Å². The molecule has 4 aliphatic rings. The topological polar surface area (TPSA) is 13.0 Å². The first-order valence-electron chi connectivity index (χ1n) is 13.0. The number of rotatable bonds is 2. The van der Waals surface area contributed by atoms with Crippen LogP contribution in [0.2, 0.25) is 0 Å². The van der Waals surface area contributed by atoms with E-state index in [2.05, 4.69) is 147 Å². The molecule has 4 aliphatic heterocycles. The molecule has 0 fully saturated rings. The van der Waals surface area contributed by atoms with Crippen LogP contribution in [0.3, 0.4) is 0 Å². The highest BCUT2D eigenvalue weighted by molar-refractivity contribution is 6.00. The molecule has 0 amide bonds. The predicted octanol–water partition coefficient (Wildman–Crippen LogP) is 8.03. The predicted molar refractivity (Wildman–Crippen MR) is 151 cm³/mol. The van der Waals surface area contributed by atoms with E-state index in [-0.39, 0.29) is 18.2 Å². The van der Waals surface area contributed by atoms with Crippen LogP contribution in [0.4, 0.5) is 45.5 Å². The lowest BCUT2D eigenvalue weighted by Crippen LogP contribution is -2.48. The molecule has 4 heteroatoms. The maximum absolute atomic E-state index is 2.59. The van der Waals surface area contributed by atoms with Gasteiger partial charge in [0.15, 0.2) is 0 Å². The van der Waals surface area contributed by atoms with Crippen molar-refractivity contribution < 1.29 is 0 Å². The number of hydrogen-bond acceptors (Lipinski definition) is 4. The average molecular weight is 477 g/mol. The van der Waals surface area contributed by atoms with Crippen LogP contribution in [0.15, 0.2) is 127 Å². The molecule has 0 aliphatic carbocycles. The highest BCUT2D eigenvalue weighted by Crippen LogP contribution is 2.67. The molecular formula is C33H24N4. The van der Waals surface area contributed by atoms with Gasteiger partial charge in [-0.05, 0) is 60.7 Å². The fraction of sp³-hybridized carbons (Fsp3) is 0.0909. The third-order valence-corrected chi connectivity index (χ3v) is 8.48. The Morgan fingerprint density at radius 3 is 1.11 bits per heavy atom. The molecule has 4 nitrogen and oxygen atoms in total. The van der Waals surface area contributed by atoms with Gasteiger partial charge in [-0.25, -0.2) is 0 Å². The number of benzene rings is 5. The van der Waals surface area contributed by atoms with Crippen LogP contribution in [0.1, 0.15) is 11.5 Å². The van der Waals surface area contributed by atoms with Gasteiger partial charge in [0.05, 0.1) is 28.7 Å². The lowest BCUT2D eigenvalue weighted by atomic mass is 9.96. The van der Waals surface area contributed by atoms with E-state index in [1.54, 1.807) is 0 Å². The standard InChI is InChI=1S/C33H24N4/c1-3-12-22(13-4-1)34-24-16-7-9-18-26(24)36-28-20-11-21-29-30(28)31(32(34)36)33-35(23-14-5-2-6-15-23)25-17-8-10-19-27(25)37(29)33/h1-21,31-33H. The molecular weight excluding hydrogens is 452 g/mol. The van der Waals surface area contributed by atoms with Gasteiger partial charge < -0.3 is 19.6 Å².